The first kappa shape index (κ1) is 17.2. The number of carbonyl (C=O) groups is 2. The molecule has 0 bridgehead atoms. The normalized spacial score (nSPS) is 11.0. The second-order valence-electron chi connectivity index (χ2n) is 5.63. The number of phenolic OH excluding ortho intramolecular Hbond substituents is 1. The van der Waals surface area contributed by atoms with Gasteiger partial charge in [-0.2, -0.15) is 0 Å². The number of anilines is 1. The minimum Gasteiger partial charge on any atom is -0.506 e. The molecule has 3 rings (SSSR count). The molecule has 2 N–H and O–H groups in total. The first-order chi connectivity index (χ1) is 12.6. The number of nitrogens with one attached hydrogen (secondary N) is 1. The Labute approximate surface area is 151 Å². The summed E-state index contributed by atoms with van der Waals surface area (Å²) in [6.45, 7) is 0. The molecule has 0 aliphatic rings. The summed E-state index contributed by atoms with van der Waals surface area (Å²) in [6, 6.07) is 23.9. The van der Waals surface area contributed by atoms with E-state index in [4.69, 9.17) is 0 Å². The largest absolute Gasteiger partial charge is 0.506 e. The third-order valence-electron chi connectivity index (χ3n) is 3.79. The average Bonchev–Trinajstić information content (AvgIpc) is 2.70. The molecule has 0 spiro atoms. The molecule has 0 saturated carbocycles. The molecule has 0 aliphatic heterocycles. The Bertz CT molecular complexity index is 947. The maximum absolute atomic E-state index is 12.9. The maximum Gasteiger partial charge on any atom is 0.209 e. The Balaban J connectivity index is 1.98. The van der Waals surface area contributed by atoms with Gasteiger partial charge in [0.1, 0.15) is 5.75 Å². The van der Waals surface area contributed by atoms with Crippen LogP contribution in [0.4, 0.5) is 5.69 Å². The average molecular weight is 343 g/mol. The van der Waals surface area contributed by atoms with Crippen molar-refractivity contribution >= 4 is 17.3 Å². The van der Waals surface area contributed by atoms with E-state index in [-0.39, 0.29) is 23.0 Å². The standard InChI is InChI=1S/C22H17NO3/c24-20-14-8-7-13-18(20)23-19(22(26)17-11-5-2-6-12-17)15-21(25)16-9-3-1-4-10-16/h1-15,23-24H/b19-15-. The first-order valence-electron chi connectivity index (χ1n) is 8.11. The van der Waals surface area contributed by atoms with E-state index in [0.717, 1.165) is 0 Å². The van der Waals surface area contributed by atoms with Crippen LogP contribution in [0.2, 0.25) is 0 Å². The van der Waals surface area contributed by atoms with E-state index < -0.39 is 0 Å². The Morgan fingerprint density at radius 3 is 1.88 bits per heavy atom. The third kappa shape index (κ3) is 4.05. The lowest BCUT2D eigenvalue weighted by molar-refractivity contribution is 0.101. The highest BCUT2D eigenvalue weighted by Crippen LogP contribution is 2.24. The van der Waals surface area contributed by atoms with Crippen LogP contribution in [0.15, 0.2) is 96.7 Å². The van der Waals surface area contributed by atoms with Gasteiger partial charge in [0.25, 0.3) is 0 Å². The van der Waals surface area contributed by atoms with Crippen molar-refractivity contribution in [3.63, 3.8) is 0 Å². The van der Waals surface area contributed by atoms with Crippen molar-refractivity contribution < 1.29 is 14.7 Å². The van der Waals surface area contributed by atoms with Crippen LogP contribution in [0, 0.1) is 0 Å². The topological polar surface area (TPSA) is 66.4 Å². The van der Waals surface area contributed by atoms with Gasteiger partial charge >= 0.3 is 0 Å². The van der Waals surface area contributed by atoms with E-state index in [2.05, 4.69) is 5.32 Å². The number of phenols is 1. The summed E-state index contributed by atoms with van der Waals surface area (Å²) in [5.41, 5.74) is 1.36. The molecule has 0 heterocycles. The zero-order valence-electron chi connectivity index (χ0n) is 13.9. The number of hydrogen-bond acceptors (Lipinski definition) is 4. The van der Waals surface area contributed by atoms with Gasteiger partial charge in [0.2, 0.25) is 5.78 Å². The molecule has 0 unspecified atom stereocenters. The van der Waals surface area contributed by atoms with Crippen molar-refractivity contribution in [3.05, 3.63) is 108 Å². The molecule has 26 heavy (non-hydrogen) atoms. The van der Waals surface area contributed by atoms with E-state index in [1.54, 1.807) is 66.7 Å². The smallest absolute Gasteiger partial charge is 0.209 e. The van der Waals surface area contributed by atoms with E-state index >= 15 is 0 Å². The molecule has 0 aromatic heterocycles. The predicted molar refractivity (Wildman–Crippen MR) is 101 cm³/mol. The highest BCUT2D eigenvalue weighted by molar-refractivity contribution is 6.16. The van der Waals surface area contributed by atoms with Gasteiger partial charge in [-0.15, -0.1) is 0 Å². The molecular formula is C22H17NO3. The van der Waals surface area contributed by atoms with Gasteiger partial charge in [-0.3, -0.25) is 9.59 Å². The second-order valence-corrected chi connectivity index (χ2v) is 5.63. The fourth-order valence-corrected chi connectivity index (χ4v) is 2.44. The Morgan fingerprint density at radius 2 is 1.27 bits per heavy atom. The Hall–Kier alpha value is -3.66. The van der Waals surface area contributed by atoms with E-state index in [9.17, 15) is 14.7 Å². The van der Waals surface area contributed by atoms with Gasteiger partial charge in [0.15, 0.2) is 5.78 Å². The van der Waals surface area contributed by atoms with Crippen LogP contribution in [-0.4, -0.2) is 16.7 Å². The van der Waals surface area contributed by atoms with Gasteiger partial charge in [-0.25, -0.2) is 0 Å². The van der Waals surface area contributed by atoms with Crippen LogP contribution in [-0.2, 0) is 0 Å². The summed E-state index contributed by atoms with van der Waals surface area (Å²) >= 11 is 0. The SMILES string of the molecule is O=C(/C=C(\Nc1ccccc1O)C(=O)c1ccccc1)c1ccccc1. The molecule has 0 atom stereocenters. The van der Waals surface area contributed by atoms with Crippen LogP contribution >= 0.6 is 0 Å². The maximum atomic E-state index is 12.9. The van der Waals surface area contributed by atoms with Crippen LogP contribution in [0.1, 0.15) is 20.7 Å². The minimum atomic E-state index is -0.335. The highest BCUT2D eigenvalue weighted by atomic mass is 16.3. The van der Waals surface area contributed by atoms with Crippen molar-refractivity contribution in [1.82, 2.24) is 0 Å². The molecule has 4 heteroatoms. The van der Waals surface area contributed by atoms with E-state index in [1.165, 1.54) is 12.1 Å². The number of ketones is 2. The fraction of sp³-hybridized carbons (Fsp3) is 0. The summed E-state index contributed by atoms with van der Waals surface area (Å²) in [4.78, 5) is 25.4. The quantitative estimate of drug-likeness (QED) is 0.394. The molecule has 0 amide bonds. The molecule has 0 aliphatic carbocycles. The second kappa shape index (κ2) is 7.94. The van der Waals surface area contributed by atoms with Crippen molar-refractivity contribution in [2.75, 3.05) is 5.32 Å². The Kier molecular flexibility index (Phi) is 5.25. The number of hydrogen-bond donors (Lipinski definition) is 2. The van der Waals surface area contributed by atoms with Gasteiger partial charge in [-0.05, 0) is 12.1 Å². The number of aromatic hydroxyl groups is 1. The van der Waals surface area contributed by atoms with Gasteiger partial charge in [-0.1, -0.05) is 72.8 Å². The lowest BCUT2D eigenvalue weighted by Crippen LogP contribution is -2.14. The van der Waals surface area contributed by atoms with E-state index in [1.807, 2.05) is 12.1 Å². The lowest BCUT2D eigenvalue weighted by Gasteiger charge is -2.12. The minimum absolute atomic E-state index is 0.00794. The molecule has 0 fully saturated rings. The van der Waals surface area contributed by atoms with E-state index in [0.29, 0.717) is 16.8 Å². The predicted octanol–water partition coefficient (Wildman–Crippen LogP) is 4.45. The molecule has 4 nitrogen and oxygen atoms in total. The number of Topliss-reactive ketones (excluding diaryl/α,β-unsaturated/α-hetero) is 1. The zero-order valence-corrected chi connectivity index (χ0v) is 13.9. The number of allylic oxidation sites excluding steroid dienone is 2. The molecule has 3 aromatic carbocycles. The number of carbonyl (C=O) groups excluding carboxylic acids is 2. The van der Waals surface area contributed by atoms with Crippen LogP contribution in [0.3, 0.4) is 0 Å². The highest BCUT2D eigenvalue weighted by Gasteiger charge is 2.16. The van der Waals surface area contributed by atoms with Crippen molar-refractivity contribution in [3.8, 4) is 5.75 Å². The zero-order chi connectivity index (χ0) is 18.4. The molecule has 3 aromatic rings. The van der Waals surface area contributed by atoms with Gasteiger partial charge in [0.05, 0.1) is 11.4 Å². The van der Waals surface area contributed by atoms with Gasteiger partial charge < -0.3 is 10.4 Å². The summed E-state index contributed by atoms with van der Waals surface area (Å²) in [6.07, 6.45) is 1.26. The molecule has 128 valence electrons. The first-order valence-corrected chi connectivity index (χ1v) is 8.11. The third-order valence-corrected chi connectivity index (χ3v) is 3.79. The number of benzene rings is 3. The fourth-order valence-electron chi connectivity index (χ4n) is 2.44. The number of para-hydroxylation sites is 2. The molecule has 0 saturated heterocycles. The van der Waals surface area contributed by atoms with Crippen molar-refractivity contribution in [2.45, 2.75) is 0 Å². The van der Waals surface area contributed by atoms with Gasteiger partial charge in [0, 0.05) is 17.2 Å². The summed E-state index contributed by atoms with van der Waals surface area (Å²) in [5, 5.41) is 12.9. The number of rotatable bonds is 6. The van der Waals surface area contributed by atoms with Crippen LogP contribution in [0.5, 0.6) is 5.75 Å². The lowest BCUT2D eigenvalue weighted by atomic mass is 10.0. The summed E-state index contributed by atoms with van der Waals surface area (Å²) in [5.74, 6) is -0.641. The Morgan fingerprint density at radius 1 is 0.731 bits per heavy atom. The molecular weight excluding hydrogens is 326 g/mol. The van der Waals surface area contributed by atoms with Crippen molar-refractivity contribution in [2.24, 2.45) is 0 Å². The summed E-state index contributed by atoms with van der Waals surface area (Å²) in [7, 11) is 0. The summed E-state index contributed by atoms with van der Waals surface area (Å²) < 4.78 is 0. The van der Waals surface area contributed by atoms with Crippen LogP contribution in [0.25, 0.3) is 0 Å². The monoisotopic (exact) mass is 343 g/mol. The molecule has 0 radical (unpaired) electrons. The van der Waals surface area contributed by atoms with Crippen molar-refractivity contribution in [1.29, 1.82) is 0 Å². The van der Waals surface area contributed by atoms with Crippen LogP contribution < -0.4 is 5.32 Å².